The molecule has 0 saturated carbocycles. The zero-order valence-corrected chi connectivity index (χ0v) is 14.2. The highest BCUT2D eigenvalue weighted by Crippen LogP contribution is 2.18. The fourth-order valence-corrected chi connectivity index (χ4v) is 2.74. The number of aromatic amines is 1. The van der Waals surface area contributed by atoms with Crippen LogP contribution >= 0.6 is 15.9 Å². The van der Waals surface area contributed by atoms with Crippen molar-refractivity contribution in [1.82, 2.24) is 9.97 Å². The summed E-state index contributed by atoms with van der Waals surface area (Å²) in [6, 6.07) is 8.98. The topological polar surface area (TPSA) is 74.8 Å². The van der Waals surface area contributed by atoms with Crippen LogP contribution < -0.4 is 10.9 Å². The normalized spacial score (nSPS) is 10.7. The summed E-state index contributed by atoms with van der Waals surface area (Å²) in [5, 5.41) is 3.51. The summed E-state index contributed by atoms with van der Waals surface area (Å²) < 4.78 is 0.671. The molecule has 0 unspecified atom stereocenters. The summed E-state index contributed by atoms with van der Waals surface area (Å²) in [7, 11) is 0. The number of amides is 1. The summed E-state index contributed by atoms with van der Waals surface area (Å²) in [4.78, 5) is 31.4. The SMILES string of the molecule is Cc1cc(C)c2[nH]c(=O)c(C(=O)Nc3ccc(Br)nc3)cc2c1. The highest BCUT2D eigenvalue weighted by atomic mass is 79.9. The maximum atomic E-state index is 12.4. The molecule has 0 atom stereocenters. The van der Waals surface area contributed by atoms with Gasteiger partial charge in [-0.05, 0) is 65.0 Å². The van der Waals surface area contributed by atoms with E-state index in [1.807, 2.05) is 26.0 Å². The van der Waals surface area contributed by atoms with Gasteiger partial charge in [-0.3, -0.25) is 9.59 Å². The number of aryl methyl sites for hydroxylation is 2. The first-order chi connectivity index (χ1) is 10.9. The van der Waals surface area contributed by atoms with Crippen LogP contribution in [0.2, 0.25) is 0 Å². The molecule has 2 heterocycles. The molecule has 0 radical (unpaired) electrons. The van der Waals surface area contributed by atoms with E-state index in [0.717, 1.165) is 22.0 Å². The molecule has 0 bridgehead atoms. The van der Waals surface area contributed by atoms with Crippen molar-refractivity contribution in [2.45, 2.75) is 13.8 Å². The molecular weight excluding hydrogens is 358 g/mol. The maximum Gasteiger partial charge on any atom is 0.261 e. The third kappa shape index (κ3) is 3.17. The van der Waals surface area contributed by atoms with Crippen molar-refractivity contribution in [3.05, 3.63) is 68.2 Å². The minimum Gasteiger partial charge on any atom is -0.321 e. The van der Waals surface area contributed by atoms with Gasteiger partial charge in [0.2, 0.25) is 0 Å². The fraction of sp³-hybridized carbons (Fsp3) is 0.118. The van der Waals surface area contributed by atoms with E-state index in [0.29, 0.717) is 10.3 Å². The Morgan fingerprint density at radius 1 is 1.22 bits per heavy atom. The average molecular weight is 372 g/mol. The van der Waals surface area contributed by atoms with Crippen LogP contribution in [0, 0.1) is 13.8 Å². The Bertz CT molecular complexity index is 962. The molecule has 0 spiro atoms. The Hall–Kier alpha value is -2.47. The Balaban J connectivity index is 2.01. The van der Waals surface area contributed by atoms with E-state index in [1.165, 1.54) is 6.20 Å². The number of nitrogens with one attached hydrogen (secondary N) is 2. The standard InChI is InChI=1S/C17H14BrN3O2/c1-9-5-10(2)15-11(6-9)7-13(17(23)21-15)16(22)20-12-3-4-14(18)19-8-12/h3-8H,1-2H3,(H,20,22)(H,21,23). The van der Waals surface area contributed by atoms with Crippen LogP contribution in [0.3, 0.4) is 0 Å². The summed E-state index contributed by atoms with van der Waals surface area (Å²) in [5.41, 5.74) is 2.99. The molecule has 2 aromatic heterocycles. The van der Waals surface area contributed by atoms with Crippen molar-refractivity contribution in [3.8, 4) is 0 Å². The van der Waals surface area contributed by atoms with Crippen LogP contribution in [0.5, 0.6) is 0 Å². The molecule has 6 heteroatoms. The number of nitrogens with zero attached hydrogens (tertiary/aromatic N) is 1. The molecule has 1 amide bonds. The summed E-state index contributed by atoms with van der Waals surface area (Å²) in [6.45, 7) is 3.91. The highest BCUT2D eigenvalue weighted by Gasteiger charge is 2.13. The maximum absolute atomic E-state index is 12.4. The Morgan fingerprint density at radius 2 is 2.00 bits per heavy atom. The largest absolute Gasteiger partial charge is 0.321 e. The number of halogens is 1. The number of H-pyrrole nitrogens is 1. The van der Waals surface area contributed by atoms with E-state index in [9.17, 15) is 9.59 Å². The molecule has 5 nitrogen and oxygen atoms in total. The van der Waals surface area contributed by atoms with Crippen LogP contribution in [0.15, 0.2) is 45.9 Å². The minimum absolute atomic E-state index is 0.0745. The van der Waals surface area contributed by atoms with E-state index >= 15 is 0 Å². The first-order valence-corrected chi connectivity index (χ1v) is 7.80. The Morgan fingerprint density at radius 3 is 2.70 bits per heavy atom. The van der Waals surface area contributed by atoms with E-state index in [1.54, 1.807) is 18.2 Å². The van der Waals surface area contributed by atoms with Crippen LogP contribution in [0.25, 0.3) is 10.9 Å². The van der Waals surface area contributed by atoms with E-state index in [4.69, 9.17) is 0 Å². The molecule has 0 aliphatic carbocycles. The molecule has 2 N–H and O–H groups in total. The number of fused-ring (bicyclic) bond motifs is 1. The number of pyridine rings is 2. The van der Waals surface area contributed by atoms with Gasteiger partial charge in [-0.1, -0.05) is 11.6 Å². The number of carbonyl (C=O) groups is 1. The van der Waals surface area contributed by atoms with Gasteiger partial charge in [0.25, 0.3) is 11.5 Å². The predicted octanol–water partition coefficient (Wildman–Crippen LogP) is 3.55. The van der Waals surface area contributed by atoms with E-state index in [-0.39, 0.29) is 5.56 Å². The van der Waals surface area contributed by atoms with Gasteiger partial charge >= 0.3 is 0 Å². The molecule has 3 rings (SSSR count). The van der Waals surface area contributed by atoms with E-state index in [2.05, 4.69) is 31.2 Å². The fourth-order valence-electron chi connectivity index (χ4n) is 2.50. The van der Waals surface area contributed by atoms with Crippen LogP contribution in [0.4, 0.5) is 5.69 Å². The molecule has 0 aliphatic heterocycles. The predicted molar refractivity (Wildman–Crippen MR) is 93.9 cm³/mol. The molecule has 116 valence electrons. The van der Waals surface area contributed by atoms with Gasteiger partial charge in [-0.15, -0.1) is 0 Å². The van der Waals surface area contributed by atoms with Gasteiger partial charge in [0.15, 0.2) is 0 Å². The average Bonchev–Trinajstić information content (AvgIpc) is 2.50. The van der Waals surface area contributed by atoms with E-state index < -0.39 is 11.5 Å². The quantitative estimate of drug-likeness (QED) is 0.676. The molecule has 0 saturated heterocycles. The van der Waals surface area contributed by atoms with Crippen molar-refractivity contribution in [2.75, 3.05) is 5.32 Å². The summed E-state index contributed by atoms with van der Waals surface area (Å²) >= 11 is 3.23. The third-order valence-corrected chi connectivity index (χ3v) is 3.99. The van der Waals surface area contributed by atoms with Gasteiger partial charge in [0, 0.05) is 0 Å². The molecule has 0 aliphatic rings. The summed E-state index contributed by atoms with van der Waals surface area (Å²) in [6.07, 6.45) is 1.52. The van der Waals surface area contributed by atoms with Crippen LogP contribution in [-0.2, 0) is 0 Å². The van der Waals surface area contributed by atoms with Crippen molar-refractivity contribution in [2.24, 2.45) is 0 Å². The van der Waals surface area contributed by atoms with Gasteiger partial charge in [0.05, 0.1) is 17.4 Å². The molecular formula is C17H14BrN3O2. The van der Waals surface area contributed by atoms with Gasteiger partial charge < -0.3 is 10.3 Å². The van der Waals surface area contributed by atoms with Crippen molar-refractivity contribution >= 4 is 38.4 Å². The number of benzene rings is 1. The number of anilines is 1. The molecule has 3 aromatic rings. The van der Waals surface area contributed by atoms with Gasteiger partial charge in [-0.2, -0.15) is 0 Å². The van der Waals surface area contributed by atoms with Crippen molar-refractivity contribution in [1.29, 1.82) is 0 Å². The number of rotatable bonds is 2. The first-order valence-electron chi connectivity index (χ1n) is 7.01. The van der Waals surface area contributed by atoms with Crippen molar-refractivity contribution < 1.29 is 4.79 Å². The zero-order chi connectivity index (χ0) is 16.6. The number of aromatic nitrogens is 2. The lowest BCUT2D eigenvalue weighted by atomic mass is 10.1. The Labute approximate surface area is 140 Å². The molecule has 0 fully saturated rings. The molecule has 23 heavy (non-hydrogen) atoms. The number of carbonyl (C=O) groups excluding carboxylic acids is 1. The molecule has 1 aromatic carbocycles. The minimum atomic E-state index is -0.462. The highest BCUT2D eigenvalue weighted by molar-refractivity contribution is 9.10. The second kappa shape index (κ2) is 5.96. The monoisotopic (exact) mass is 371 g/mol. The zero-order valence-electron chi connectivity index (χ0n) is 12.6. The van der Waals surface area contributed by atoms with Gasteiger partial charge in [0.1, 0.15) is 10.2 Å². The second-order valence-corrected chi connectivity index (χ2v) is 6.19. The smallest absolute Gasteiger partial charge is 0.261 e. The summed E-state index contributed by atoms with van der Waals surface area (Å²) in [5.74, 6) is -0.462. The van der Waals surface area contributed by atoms with Crippen LogP contribution in [-0.4, -0.2) is 15.9 Å². The lowest BCUT2D eigenvalue weighted by molar-refractivity contribution is 0.102. The number of hydrogen-bond donors (Lipinski definition) is 2. The lowest BCUT2D eigenvalue weighted by Gasteiger charge is -2.08. The third-order valence-electron chi connectivity index (χ3n) is 3.52. The van der Waals surface area contributed by atoms with Gasteiger partial charge in [-0.25, -0.2) is 4.98 Å². The van der Waals surface area contributed by atoms with Crippen molar-refractivity contribution in [3.63, 3.8) is 0 Å². The second-order valence-electron chi connectivity index (χ2n) is 5.38. The first kappa shape index (κ1) is 15.4. The number of hydrogen-bond acceptors (Lipinski definition) is 3. The lowest BCUT2D eigenvalue weighted by Crippen LogP contribution is -2.23. The van der Waals surface area contributed by atoms with Crippen LogP contribution in [0.1, 0.15) is 21.5 Å². The Kier molecular flexibility index (Phi) is 4.00.